The van der Waals surface area contributed by atoms with Crippen molar-refractivity contribution in [1.82, 2.24) is 10.2 Å². The van der Waals surface area contributed by atoms with E-state index in [4.69, 9.17) is 10.5 Å². The maximum atomic E-state index is 13.3. The molecule has 10 nitrogen and oxygen atoms in total. The van der Waals surface area contributed by atoms with Gasteiger partial charge >= 0.3 is 18.1 Å². The van der Waals surface area contributed by atoms with Crippen molar-refractivity contribution >= 4 is 23.8 Å². The fraction of sp³-hybridized carbons (Fsp3) is 0.455. The Kier molecular flexibility index (Phi) is 9.23. The highest BCUT2D eigenvalue weighted by Crippen LogP contribution is 2.22. The number of hydrogen-bond acceptors (Lipinski definition) is 7. The van der Waals surface area contributed by atoms with E-state index in [1.165, 1.54) is 36.1 Å². The minimum absolute atomic E-state index is 0.155. The molecule has 0 spiro atoms. The lowest BCUT2D eigenvalue weighted by Gasteiger charge is -2.37. The number of hydrogen-bond donors (Lipinski definition) is 3. The van der Waals surface area contributed by atoms with E-state index >= 15 is 0 Å². The van der Waals surface area contributed by atoms with Gasteiger partial charge in [0.15, 0.2) is 6.10 Å². The van der Waals surface area contributed by atoms with Crippen LogP contribution in [-0.2, 0) is 30.3 Å². The molecule has 192 valence electrons. The SMILES string of the molecule is CCCN(CCc1ccc(OC(=O)C(F)(F)F)cc1)C(=O)[C@@H]1OC(C(=O)O)=C[C@H](N)[C@H]1NC(C)=O. The predicted molar refractivity (Wildman–Crippen MR) is 115 cm³/mol. The largest absolute Gasteiger partial charge is 0.491 e. The zero-order valence-electron chi connectivity index (χ0n) is 19.0. The molecule has 0 radical (unpaired) electrons. The third-order valence-corrected chi connectivity index (χ3v) is 5.00. The van der Waals surface area contributed by atoms with Crippen LogP contribution < -0.4 is 15.8 Å². The number of alkyl halides is 3. The van der Waals surface area contributed by atoms with Gasteiger partial charge in [-0.1, -0.05) is 19.1 Å². The number of amides is 2. The summed E-state index contributed by atoms with van der Waals surface area (Å²) < 4.78 is 46.6. The third kappa shape index (κ3) is 7.70. The Labute approximate surface area is 198 Å². The van der Waals surface area contributed by atoms with E-state index in [2.05, 4.69) is 10.1 Å². The number of nitrogens with zero attached hydrogens (tertiary/aromatic N) is 1. The van der Waals surface area contributed by atoms with E-state index in [0.717, 1.165) is 6.08 Å². The lowest BCUT2D eigenvalue weighted by atomic mass is 9.97. The van der Waals surface area contributed by atoms with Crippen LogP contribution in [0.1, 0.15) is 25.8 Å². The number of halogens is 3. The highest BCUT2D eigenvalue weighted by atomic mass is 19.4. The molecule has 2 rings (SSSR count). The van der Waals surface area contributed by atoms with Crippen LogP contribution in [0.3, 0.4) is 0 Å². The van der Waals surface area contributed by atoms with Gasteiger partial charge in [-0.05, 0) is 36.6 Å². The summed E-state index contributed by atoms with van der Waals surface area (Å²) in [6.07, 6.45) is -4.54. The topological polar surface area (TPSA) is 148 Å². The minimum Gasteiger partial charge on any atom is -0.475 e. The first-order valence-electron chi connectivity index (χ1n) is 10.6. The average molecular weight is 501 g/mol. The van der Waals surface area contributed by atoms with E-state index in [1.54, 1.807) is 0 Å². The van der Waals surface area contributed by atoms with Gasteiger partial charge in [-0.3, -0.25) is 9.59 Å². The van der Waals surface area contributed by atoms with Crippen molar-refractivity contribution in [1.29, 1.82) is 0 Å². The molecule has 1 aliphatic heterocycles. The van der Waals surface area contributed by atoms with Crippen LogP contribution in [0.2, 0.25) is 0 Å². The van der Waals surface area contributed by atoms with Gasteiger partial charge in [0.2, 0.25) is 11.7 Å². The van der Waals surface area contributed by atoms with E-state index in [-0.39, 0.29) is 25.3 Å². The fourth-order valence-electron chi connectivity index (χ4n) is 3.40. The first kappa shape index (κ1) is 27.6. The van der Waals surface area contributed by atoms with Gasteiger partial charge < -0.3 is 30.5 Å². The molecule has 0 saturated carbocycles. The van der Waals surface area contributed by atoms with Gasteiger partial charge in [0.1, 0.15) is 5.75 Å². The Hall–Kier alpha value is -3.61. The number of carbonyl (C=O) groups excluding carboxylic acids is 3. The molecule has 1 aromatic rings. The maximum absolute atomic E-state index is 13.3. The molecule has 2 amide bonds. The summed E-state index contributed by atoms with van der Waals surface area (Å²) >= 11 is 0. The van der Waals surface area contributed by atoms with Crippen LogP contribution in [0.5, 0.6) is 5.75 Å². The molecule has 3 atom stereocenters. The summed E-state index contributed by atoms with van der Waals surface area (Å²) in [6.45, 7) is 3.49. The van der Waals surface area contributed by atoms with E-state index in [1.807, 2.05) is 6.92 Å². The Morgan fingerprint density at radius 3 is 2.31 bits per heavy atom. The summed E-state index contributed by atoms with van der Waals surface area (Å²) in [7, 11) is 0. The number of nitrogens with one attached hydrogen (secondary N) is 1. The van der Waals surface area contributed by atoms with Crippen molar-refractivity contribution in [2.75, 3.05) is 13.1 Å². The minimum atomic E-state index is -5.12. The van der Waals surface area contributed by atoms with Crippen LogP contribution >= 0.6 is 0 Å². The predicted octanol–water partition coefficient (Wildman–Crippen LogP) is 1.13. The maximum Gasteiger partial charge on any atom is 0.491 e. The van der Waals surface area contributed by atoms with E-state index < -0.39 is 53.9 Å². The number of nitrogens with two attached hydrogens (primary N) is 1. The van der Waals surface area contributed by atoms with Gasteiger partial charge in [-0.2, -0.15) is 13.2 Å². The van der Waals surface area contributed by atoms with Crippen LogP contribution in [-0.4, -0.2) is 71.2 Å². The number of rotatable bonds is 9. The zero-order valence-corrected chi connectivity index (χ0v) is 19.0. The monoisotopic (exact) mass is 501 g/mol. The Bertz CT molecular complexity index is 980. The number of ether oxygens (including phenoxy) is 2. The van der Waals surface area contributed by atoms with Crippen LogP contribution in [0, 0.1) is 0 Å². The molecule has 0 aromatic heterocycles. The van der Waals surface area contributed by atoms with Crippen LogP contribution in [0.25, 0.3) is 0 Å². The second-order valence-electron chi connectivity index (χ2n) is 7.78. The second-order valence-corrected chi connectivity index (χ2v) is 7.78. The second kappa shape index (κ2) is 11.7. The van der Waals surface area contributed by atoms with Gasteiger partial charge in [0.05, 0.1) is 12.1 Å². The molecule has 0 unspecified atom stereocenters. The Morgan fingerprint density at radius 2 is 1.80 bits per heavy atom. The number of benzene rings is 1. The first-order valence-corrected chi connectivity index (χ1v) is 10.6. The Balaban J connectivity index is 2.13. The van der Waals surface area contributed by atoms with Crippen molar-refractivity contribution < 1.29 is 46.9 Å². The number of esters is 1. The van der Waals surface area contributed by atoms with Crippen molar-refractivity contribution in [3.8, 4) is 5.75 Å². The molecule has 0 saturated heterocycles. The molecular weight excluding hydrogens is 475 g/mol. The summed E-state index contributed by atoms with van der Waals surface area (Å²) in [4.78, 5) is 48.7. The molecule has 35 heavy (non-hydrogen) atoms. The first-order chi connectivity index (χ1) is 16.3. The average Bonchev–Trinajstić information content (AvgIpc) is 2.77. The quantitative estimate of drug-likeness (QED) is 0.337. The molecule has 1 aliphatic rings. The molecule has 0 aliphatic carbocycles. The van der Waals surface area contributed by atoms with Crippen molar-refractivity contribution in [2.45, 2.75) is 51.1 Å². The molecule has 13 heteroatoms. The molecular formula is C22H26F3N3O7. The Morgan fingerprint density at radius 1 is 1.17 bits per heavy atom. The number of carboxylic acid groups (broad SMARTS) is 1. The van der Waals surface area contributed by atoms with Crippen molar-refractivity contribution in [3.05, 3.63) is 41.7 Å². The normalized spacial score (nSPS) is 19.7. The molecule has 0 fully saturated rings. The van der Waals surface area contributed by atoms with Crippen molar-refractivity contribution in [2.24, 2.45) is 5.73 Å². The van der Waals surface area contributed by atoms with Gasteiger partial charge in [0.25, 0.3) is 5.91 Å². The molecule has 0 bridgehead atoms. The van der Waals surface area contributed by atoms with E-state index in [0.29, 0.717) is 12.0 Å². The summed E-state index contributed by atoms with van der Waals surface area (Å²) in [6, 6.07) is 3.32. The standard InChI is InChI=1S/C22H26F3N3O7/c1-3-9-28(10-8-13-4-6-14(7-5-13)34-21(33)22(23,24)25)19(30)18-17(27-12(2)29)15(26)11-16(35-18)20(31)32/h4-7,11,15,17-18H,3,8-10,26H2,1-2H3,(H,27,29)(H,31,32)/t15-,17+,18+/m0/s1. The highest BCUT2D eigenvalue weighted by Gasteiger charge is 2.42. The molecule has 1 heterocycles. The van der Waals surface area contributed by atoms with Gasteiger partial charge in [0, 0.05) is 20.0 Å². The van der Waals surface area contributed by atoms with Crippen molar-refractivity contribution in [3.63, 3.8) is 0 Å². The summed E-state index contributed by atoms with van der Waals surface area (Å²) in [5.41, 5.74) is 6.62. The third-order valence-electron chi connectivity index (χ3n) is 5.00. The summed E-state index contributed by atoms with van der Waals surface area (Å²) in [5.74, 6) is -5.59. The lowest BCUT2D eigenvalue weighted by Crippen LogP contribution is -2.61. The van der Waals surface area contributed by atoms with Gasteiger partial charge in [-0.15, -0.1) is 0 Å². The number of aliphatic carboxylic acids is 1. The van der Waals surface area contributed by atoms with Gasteiger partial charge in [-0.25, -0.2) is 9.59 Å². The summed E-state index contributed by atoms with van der Waals surface area (Å²) in [5, 5.41) is 11.8. The lowest BCUT2D eigenvalue weighted by molar-refractivity contribution is -0.189. The molecule has 4 N–H and O–H groups in total. The smallest absolute Gasteiger partial charge is 0.475 e. The van der Waals surface area contributed by atoms with Crippen LogP contribution in [0.4, 0.5) is 13.2 Å². The number of carbonyl (C=O) groups is 4. The number of carboxylic acids is 1. The van der Waals surface area contributed by atoms with E-state index in [9.17, 15) is 37.5 Å². The fourth-order valence-corrected chi connectivity index (χ4v) is 3.40. The van der Waals surface area contributed by atoms with Crippen LogP contribution in [0.15, 0.2) is 36.1 Å². The molecule has 1 aromatic carbocycles. The highest BCUT2D eigenvalue weighted by molar-refractivity contribution is 5.88. The zero-order chi connectivity index (χ0) is 26.3.